The number of aromatic carboxylic acids is 1. The molecule has 0 radical (unpaired) electrons. The maximum absolute atomic E-state index is 11.8. The van der Waals surface area contributed by atoms with Crippen LogP contribution in [0.3, 0.4) is 0 Å². The van der Waals surface area contributed by atoms with Crippen molar-refractivity contribution in [2.24, 2.45) is 0 Å². The molecule has 7 heteroatoms. The Balaban J connectivity index is 2.14. The van der Waals surface area contributed by atoms with Gasteiger partial charge in [-0.3, -0.25) is 4.89 Å². The Hall–Kier alpha value is -2.30. The van der Waals surface area contributed by atoms with Crippen LogP contribution >= 0.6 is 7.82 Å². The smallest absolute Gasteiger partial charge is 0.478 e. The zero-order valence-electron chi connectivity index (χ0n) is 10.2. The Bertz CT molecular complexity index is 655. The number of benzene rings is 2. The van der Waals surface area contributed by atoms with E-state index in [1.54, 1.807) is 18.2 Å². The molecule has 2 aromatic rings. The van der Waals surface area contributed by atoms with E-state index in [1.165, 1.54) is 30.3 Å². The van der Waals surface area contributed by atoms with Crippen molar-refractivity contribution in [2.45, 2.75) is 0 Å². The molecule has 0 aliphatic carbocycles. The average Bonchev–Trinajstić information content (AvgIpc) is 2.39. The van der Waals surface area contributed by atoms with Crippen LogP contribution in [0.25, 0.3) is 0 Å². The minimum Gasteiger partial charge on any atom is -0.478 e. The van der Waals surface area contributed by atoms with Crippen LogP contribution in [-0.4, -0.2) is 16.0 Å². The first-order valence-corrected chi connectivity index (χ1v) is 7.06. The minimum atomic E-state index is -4.38. The van der Waals surface area contributed by atoms with Gasteiger partial charge in [-0.2, -0.15) is 0 Å². The number of phosphoric ester groups is 1. The maximum atomic E-state index is 11.8. The van der Waals surface area contributed by atoms with Gasteiger partial charge in [0.15, 0.2) is 0 Å². The second-order valence-corrected chi connectivity index (χ2v) is 5.10. The predicted molar refractivity (Wildman–Crippen MR) is 70.9 cm³/mol. The van der Waals surface area contributed by atoms with Crippen molar-refractivity contribution in [1.82, 2.24) is 0 Å². The summed E-state index contributed by atoms with van der Waals surface area (Å²) < 4.78 is 21.5. The molecule has 0 amide bonds. The Kier molecular flexibility index (Phi) is 4.08. The van der Waals surface area contributed by atoms with Gasteiger partial charge in [0.2, 0.25) is 0 Å². The van der Waals surface area contributed by atoms with Gasteiger partial charge in [0, 0.05) is 0 Å². The molecule has 0 fully saturated rings. The number of carboxylic acids is 1. The highest BCUT2D eigenvalue weighted by molar-refractivity contribution is 7.48. The van der Waals surface area contributed by atoms with Gasteiger partial charge >= 0.3 is 13.8 Å². The minimum absolute atomic E-state index is 0.0535. The highest BCUT2D eigenvalue weighted by Crippen LogP contribution is 2.44. The first-order chi connectivity index (χ1) is 9.46. The summed E-state index contributed by atoms with van der Waals surface area (Å²) in [6.45, 7) is 0. The van der Waals surface area contributed by atoms with E-state index in [9.17, 15) is 14.3 Å². The van der Waals surface area contributed by atoms with Crippen LogP contribution in [0.1, 0.15) is 10.4 Å². The number of phosphoric acid groups is 1. The van der Waals surface area contributed by atoms with Gasteiger partial charge in [-0.05, 0) is 30.3 Å². The normalized spacial score (nSPS) is 13.2. The highest BCUT2D eigenvalue weighted by Gasteiger charge is 2.25. The average molecular weight is 294 g/mol. The zero-order valence-corrected chi connectivity index (χ0v) is 11.1. The second-order valence-electron chi connectivity index (χ2n) is 3.80. The first-order valence-electron chi connectivity index (χ1n) is 5.57. The standard InChI is InChI=1S/C13H11O6P/c14-13(15)10-5-4-8-12(9-10)19-20(16,17)18-11-6-2-1-3-7-11/h1-9H,(H,14,15)(H,16,17). The van der Waals surface area contributed by atoms with Gasteiger partial charge in [-0.25, -0.2) is 9.36 Å². The number of rotatable bonds is 5. The molecule has 6 nitrogen and oxygen atoms in total. The summed E-state index contributed by atoms with van der Waals surface area (Å²) in [4.78, 5) is 20.4. The van der Waals surface area contributed by atoms with Crippen LogP contribution < -0.4 is 9.05 Å². The molecule has 1 unspecified atom stereocenters. The van der Waals surface area contributed by atoms with Crippen LogP contribution in [0.5, 0.6) is 11.5 Å². The van der Waals surface area contributed by atoms with Crippen molar-refractivity contribution in [1.29, 1.82) is 0 Å². The molecule has 0 saturated heterocycles. The lowest BCUT2D eigenvalue weighted by Crippen LogP contribution is -2.01. The molecule has 0 aliphatic rings. The Morgan fingerprint density at radius 3 is 2.20 bits per heavy atom. The SMILES string of the molecule is O=C(O)c1cccc(OP(=O)(O)Oc2ccccc2)c1. The van der Waals surface area contributed by atoms with E-state index >= 15 is 0 Å². The van der Waals surface area contributed by atoms with Crippen molar-refractivity contribution in [2.75, 3.05) is 0 Å². The van der Waals surface area contributed by atoms with Crippen molar-refractivity contribution >= 4 is 13.8 Å². The molecule has 2 rings (SSSR count). The molecule has 1 atom stereocenters. The molecule has 2 aromatic carbocycles. The molecular weight excluding hydrogens is 283 g/mol. The van der Waals surface area contributed by atoms with Gasteiger partial charge in [-0.15, -0.1) is 0 Å². The van der Waals surface area contributed by atoms with Crippen molar-refractivity contribution in [3.8, 4) is 11.5 Å². The summed E-state index contributed by atoms with van der Waals surface area (Å²) in [6.07, 6.45) is 0. The molecule has 0 bridgehead atoms. The monoisotopic (exact) mass is 294 g/mol. The van der Waals surface area contributed by atoms with Crippen molar-refractivity contribution in [3.05, 3.63) is 60.2 Å². The number of para-hydroxylation sites is 1. The molecular formula is C13H11O6P. The molecule has 20 heavy (non-hydrogen) atoms. The molecule has 0 spiro atoms. The second kappa shape index (κ2) is 5.77. The van der Waals surface area contributed by atoms with Gasteiger partial charge in [0.1, 0.15) is 11.5 Å². The molecule has 0 aromatic heterocycles. The summed E-state index contributed by atoms with van der Waals surface area (Å²) in [5.74, 6) is -1.05. The lowest BCUT2D eigenvalue weighted by molar-refractivity contribution is 0.0696. The first kappa shape index (κ1) is 14.1. The Morgan fingerprint density at radius 2 is 1.55 bits per heavy atom. The molecule has 2 N–H and O–H groups in total. The molecule has 0 aliphatic heterocycles. The van der Waals surface area contributed by atoms with E-state index in [-0.39, 0.29) is 17.1 Å². The van der Waals surface area contributed by atoms with Crippen LogP contribution in [0.15, 0.2) is 54.6 Å². The molecule has 0 heterocycles. The maximum Gasteiger partial charge on any atom is 0.584 e. The van der Waals surface area contributed by atoms with Crippen LogP contribution in [0.4, 0.5) is 0 Å². The van der Waals surface area contributed by atoms with Crippen LogP contribution in [0.2, 0.25) is 0 Å². The largest absolute Gasteiger partial charge is 0.584 e. The number of hydrogen-bond acceptors (Lipinski definition) is 4. The van der Waals surface area contributed by atoms with Gasteiger partial charge in [-0.1, -0.05) is 24.3 Å². The van der Waals surface area contributed by atoms with Gasteiger partial charge < -0.3 is 14.2 Å². The quantitative estimate of drug-likeness (QED) is 0.823. The fraction of sp³-hybridized carbons (Fsp3) is 0. The summed E-state index contributed by atoms with van der Waals surface area (Å²) >= 11 is 0. The number of carboxylic acid groups (broad SMARTS) is 1. The van der Waals surface area contributed by atoms with E-state index in [4.69, 9.17) is 14.2 Å². The Labute approximate surface area is 114 Å². The van der Waals surface area contributed by atoms with Crippen LogP contribution in [-0.2, 0) is 4.57 Å². The van der Waals surface area contributed by atoms with Crippen molar-refractivity contribution in [3.63, 3.8) is 0 Å². The summed E-state index contributed by atoms with van der Waals surface area (Å²) in [5, 5.41) is 8.82. The molecule has 104 valence electrons. The lowest BCUT2D eigenvalue weighted by Gasteiger charge is -2.13. The topological polar surface area (TPSA) is 93.1 Å². The highest BCUT2D eigenvalue weighted by atomic mass is 31.2. The third kappa shape index (κ3) is 3.85. The Morgan fingerprint density at radius 1 is 0.950 bits per heavy atom. The van der Waals surface area contributed by atoms with E-state index in [0.717, 1.165) is 6.07 Å². The lowest BCUT2D eigenvalue weighted by atomic mass is 10.2. The third-order valence-corrected chi connectivity index (χ3v) is 3.15. The predicted octanol–water partition coefficient (Wildman–Crippen LogP) is 2.94. The van der Waals surface area contributed by atoms with Crippen LogP contribution in [0, 0.1) is 0 Å². The van der Waals surface area contributed by atoms with E-state index in [2.05, 4.69) is 0 Å². The fourth-order valence-electron chi connectivity index (χ4n) is 1.45. The fourth-order valence-corrected chi connectivity index (χ4v) is 2.26. The molecule has 0 saturated carbocycles. The summed E-state index contributed by atoms with van der Waals surface area (Å²) in [7, 11) is -4.38. The van der Waals surface area contributed by atoms with Gasteiger partial charge in [0.25, 0.3) is 0 Å². The van der Waals surface area contributed by atoms with E-state index < -0.39 is 13.8 Å². The number of hydrogen-bond donors (Lipinski definition) is 2. The van der Waals surface area contributed by atoms with Gasteiger partial charge in [0.05, 0.1) is 5.56 Å². The summed E-state index contributed by atoms with van der Waals surface area (Å²) in [5.41, 5.74) is -0.0535. The number of carbonyl (C=O) groups is 1. The summed E-state index contributed by atoms with van der Waals surface area (Å²) in [6, 6.07) is 13.3. The third-order valence-electron chi connectivity index (χ3n) is 2.27. The van der Waals surface area contributed by atoms with E-state index in [0.29, 0.717) is 0 Å². The van der Waals surface area contributed by atoms with E-state index in [1.807, 2.05) is 0 Å². The zero-order chi connectivity index (χ0) is 14.6. The van der Waals surface area contributed by atoms with Crippen molar-refractivity contribution < 1.29 is 28.4 Å².